The Labute approximate surface area is 109 Å². The first-order valence-corrected chi connectivity index (χ1v) is 7.12. The molecular formula is C14H23N3O. The van der Waals surface area contributed by atoms with E-state index in [1.165, 1.54) is 6.42 Å². The van der Waals surface area contributed by atoms with Crippen LogP contribution in [0.25, 0.3) is 0 Å². The summed E-state index contributed by atoms with van der Waals surface area (Å²) in [6.45, 7) is 0.433. The van der Waals surface area contributed by atoms with Gasteiger partial charge >= 0.3 is 0 Å². The van der Waals surface area contributed by atoms with Gasteiger partial charge in [0.25, 0.3) is 0 Å². The molecule has 2 atom stereocenters. The summed E-state index contributed by atoms with van der Waals surface area (Å²) in [5.41, 5.74) is 5.49. The highest BCUT2D eigenvalue weighted by Crippen LogP contribution is 2.36. The molecule has 3 N–H and O–H groups in total. The second kappa shape index (κ2) is 5.71. The van der Waals surface area contributed by atoms with Crippen molar-refractivity contribution >= 4 is 5.91 Å². The summed E-state index contributed by atoms with van der Waals surface area (Å²) in [5, 5.41) is 12.2. The molecule has 1 amide bonds. The number of nitrogens with one attached hydrogen (secondary N) is 1. The Morgan fingerprint density at radius 3 is 2.61 bits per heavy atom. The van der Waals surface area contributed by atoms with Crippen molar-refractivity contribution < 1.29 is 4.79 Å². The monoisotopic (exact) mass is 249 g/mol. The lowest BCUT2D eigenvalue weighted by Gasteiger charge is -2.36. The van der Waals surface area contributed by atoms with Crippen LogP contribution in [-0.2, 0) is 4.79 Å². The molecule has 0 bridgehead atoms. The van der Waals surface area contributed by atoms with Crippen LogP contribution in [0.5, 0.6) is 0 Å². The zero-order chi connectivity index (χ0) is 13.0. The Morgan fingerprint density at radius 1 is 1.28 bits per heavy atom. The van der Waals surface area contributed by atoms with Gasteiger partial charge in [0.15, 0.2) is 0 Å². The number of hydrogen-bond donors (Lipinski definition) is 2. The van der Waals surface area contributed by atoms with Crippen LogP contribution in [0.3, 0.4) is 0 Å². The molecule has 18 heavy (non-hydrogen) atoms. The van der Waals surface area contributed by atoms with E-state index in [0.717, 1.165) is 44.9 Å². The topological polar surface area (TPSA) is 78.9 Å². The maximum absolute atomic E-state index is 12.5. The maximum atomic E-state index is 12.5. The predicted octanol–water partition coefficient (Wildman–Crippen LogP) is 1.70. The van der Waals surface area contributed by atoms with Crippen molar-refractivity contribution in [1.29, 1.82) is 5.26 Å². The van der Waals surface area contributed by atoms with E-state index in [9.17, 15) is 4.79 Å². The predicted molar refractivity (Wildman–Crippen MR) is 69.5 cm³/mol. The van der Waals surface area contributed by atoms with E-state index < -0.39 is 0 Å². The van der Waals surface area contributed by atoms with E-state index in [1.807, 2.05) is 0 Å². The van der Waals surface area contributed by atoms with E-state index in [2.05, 4.69) is 11.4 Å². The smallest absolute Gasteiger partial charge is 0.227 e. The van der Waals surface area contributed by atoms with Crippen LogP contribution in [0.2, 0.25) is 0 Å². The molecule has 0 aromatic carbocycles. The minimum atomic E-state index is -0.360. The number of rotatable bonds is 3. The van der Waals surface area contributed by atoms with Crippen molar-refractivity contribution in [2.24, 2.45) is 17.1 Å². The average molecular weight is 249 g/mol. The van der Waals surface area contributed by atoms with Crippen LogP contribution in [0.15, 0.2) is 0 Å². The fourth-order valence-corrected chi connectivity index (χ4v) is 3.36. The first kappa shape index (κ1) is 13.4. The number of carbonyl (C=O) groups excluding carboxylic acids is 1. The van der Waals surface area contributed by atoms with E-state index >= 15 is 0 Å². The first-order chi connectivity index (χ1) is 8.72. The molecule has 0 heterocycles. The third-order valence-corrected chi connectivity index (χ3v) is 4.68. The lowest BCUT2D eigenvalue weighted by atomic mass is 9.73. The minimum Gasteiger partial charge on any atom is -0.352 e. The molecule has 100 valence electrons. The van der Waals surface area contributed by atoms with Crippen LogP contribution < -0.4 is 11.1 Å². The fraction of sp³-hybridized carbons (Fsp3) is 0.857. The SMILES string of the molecule is N#CC1CCCC1NC(=O)C1(CN)CCCCC1. The second-order valence-corrected chi connectivity index (χ2v) is 5.79. The summed E-state index contributed by atoms with van der Waals surface area (Å²) in [7, 11) is 0. The molecule has 2 aliphatic carbocycles. The highest BCUT2D eigenvalue weighted by atomic mass is 16.2. The molecule has 2 rings (SSSR count). The summed E-state index contributed by atoms with van der Waals surface area (Å²) in [6.07, 6.45) is 8.09. The van der Waals surface area contributed by atoms with Crippen LogP contribution in [0.1, 0.15) is 51.4 Å². The standard InChI is InChI=1S/C14H23N3O/c15-9-11-5-4-6-12(11)17-13(18)14(10-16)7-2-1-3-8-14/h11-12H,1-8,10,16H2,(H,17,18). The minimum absolute atomic E-state index is 0.00707. The third-order valence-electron chi connectivity index (χ3n) is 4.68. The molecule has 0 saturated heterocycles. The summed E-state index contributed by atoms with van der Waals surface area (Å²) >= 11 is 0. The molecule has 0 radical (unpaired) electrons. The van der Waals surface area contributed by atoms with Crippen molar-refractivity contribution in [3.05, 3.63) is 0 Å². The van der Waals surface area contributed by atoms with Crippen molar-refractivity contribution in [1.82, 2.24) is 5.32 Å². The summed E-state index contributed by atoms with van der Waals surface area (Å²) < 4.78 is 0. The number of amides is 1. The van der Waals surface area contributed by atoms with Gasteiger partial charge in [-0.25, -0.2) is 0 Å². The van der Waals surface area contributed by atoms with E-state index in [1.54, 1.807) is 0 Å². The summed E-state index contributed by atoms with van der Waals surface area (Å²) in [6, 6.07) is 2.36. The Balaban J connectivity index is 1.99. The van der Waals surface area contributed by atoms with Crippen LogP contribution >= 0.6 is 0 Å². The van der Waals surface area contributed by atoms with E-state index in [0.29, 0.717) is 6.54 Å². The molecule has 0 aliphatic heterocycles. The van der Waals surface area contributed by atoms with Gasteiger partial charge in [0.2, 0.25) is 5.91 Å². The molecule has 0 spiro atoms. The molecule has 2 aliphatic rings. The molecule has 4 heteroatoms. The molecule has 2 fully saturated rings. The van der Waals surface area contributed by atoms with Gasteiger partial charge in [0.1, 0.15) is 0 Å². The largest absolute Gasteiger partial charge is 0.352 e. The molecular weight excluding hydrogens is 226 g/mol. The Morgan fingerprint density at radius 2 is 2.00 bits per heavy atom. The second-order valence-electron chi connectivity index (χ2n) is 5.79. The highest BCUT2D eigenvalue weighted by Gasteiger charge is 2.40. The van der Waals surface area contributed by atoms with Crippen molar-refractivity contribution in [2.45, 2.75) is 57.4 Å². The lowest BCUT2D eigenvalue weighted by molar-refractivity contribution is -0.133. The molecule has 4 nitrogen and oxygen atoms in total. The zero-order valence-electron chi connectivity index (χ0n) is 11.0. The molecule has 0 aromatic rings. The van der Waals surface area contributed by atoms with Gasteiger partial charge in [-0.2, -0.15) is 5.26 Å². The van der Waals surface area contributed by atoms with Gasteiger partial charge in [-0.15, -0.1) is 0 Å². The quantitative estimate of drug-likeness (QED) is 0.799. The van der Waals surface area contributed by atoms with Crippen molar-refractivity contribution in [2.75, 3.05) is 6.54 Å². The Kier molecular flexibility index (Phi) is 4.23. The normalized spacial score (nSPS) is 30.7. The van der Waals surface area contributed by atoms with Gasteiger partial charge in [-0.05, 0) is 32.1 Å². The number of nitrogens with two attached hydrogens (primary N) is 1. The molecule has 0 aromatic heterocycles. The number of carbonyl (C=O) groups is 1. The molecule has 2 unspecified atom stereocenters. The maximum Gasteiger partial charge on any atom is 0.227 e. The van der Waals surface area contributed by atoms with Crippen molar-refractivity contribution in [3.63, 3.8) is 0 Å². The number of hydrogen-bond acceptors (Lipinski definition) is 3. The fourth-order valence-electron chi connectivity index (χ4n) is 3.36. The zero-order valence-corrected chi connectivity index (χ0v) is 11.0. The van der Waals surface area contributed by atoms with Gasteiger partial charge in [0, 0.05) is 12.6 Å². The summed E-state index contributed by atoms with van der Waals surface area (Å²) in [5.74, 6) is 0.0872. The van der Waals surface area contributed by atoms with Crippen LogP contribution in [0, 0.1) is 22.7 Å². The average Bonchev–Trinajstić information content (AvgIpc) is 2.86. The van der Waals surface area contributed by atoms with Gasteiger partial charge in [0.05, 0.1) is 17.4 Å². The van der Waals surface area contributed by atoms with Gasteiger partial charge in [-0.1, -0.05) is 19.3 Å². The van der Waals surface area contributed by atoms with E-state index in [-0.39, 0.29) is 23.3 Å². The first-order valence-electron chi connectivity index (χ1n) is 7.12. The summed E-state index contributed by atoms with van der Waals surface area (Å²) in [4.78, 5) is 12.5. The lowest BCUT2D eigenvalue weighted by Crippen LogP contribution is -2.50. The number of nitrogens with zero attached hydrogens (tertiary/aromatic N) is 1. The van der Waals surface area contributed by atoms with Crippen molar-refractivity contribution in [3.8, 4) is 6.07 Å². The number of nitriles is 1. The Bertz CT molecular complexity index is 341. The Hall–Kier alpha value is -1.08. The van der Waals surface area contributed by atoms with E-state index in [4.69, 9.17) is 11.0 Å². The van der Waals surface area contributed by atoms with Crippen LogP contribution in [-0.4, -0.2) is 18.5 Å². The van der Waals surface area contributed by atoms with Crippen LogP contribution in [0.4, 0.5) is 0 Å². The van der Waals surface area contributed by atoms with Gasteiger partial charge in [-0.3, -0.25) is 4.79 Å². The van der Waals surface area contributed by atoms with Gasteiger partial charge < -0.3 is 11.1 Å². The third kappa shape index (κ3) is 2.51. The highest BCUT2D eigenvalue weighted by molar-refractivity contribution is 5.83. The molecule has 2 saturated carbocycles.